The maximum absolute atomic E-state index is 6.31. The topological polar surface area (TPSA) is 56.7 Å². The van der Waals surface area contributed by atoms with Crippen LogP contribution in [0.1, 0.15) is 23.9 Å². The van der Waals surface area contributed by atoms with Crippen molar-refractivity contribution in [3.8, 4) is 0 Å². The maximum Gasteiger partial charge on any atom is 0.123 e. The third-order valence-corrected chi connectivity index (χ3v) is 3.44. The van der Waals surface area contributed by atoms with Crippen LogP contribution >= 0.6 is 11.6 Å². The van der Waals surface area contributed by atoms with Gasteiger partial charge in [-0.25, -0.2) is 4.98 Å². The van der Waals surface area contributed by atoms with Crippen LogP contribution in [0.2, 0.25) is 5.02 Å². The van der Waals surface area contributed by atoms with Gasteiger partial charge in [0.2, 0.25) is 0 Å². The number of aromatic nitrogens is 3. The largest absolute Gasteiger partial charge is 0.384 e. The summed E-state index contributed by atoms with van der Waals surface area (Å²) in [4.78, 5) is 3.98. The van der Waals surface area contributed by atoms with Crippen LogP contribution in [0.25, 0.3) is 0 Å². The third kappa shape index (κ3) is 2.64. The Balaban J connectivity index is 2.13. The number of nitrogen functional groups attached to an aromatic ring is 1. The highest BCUT2D eigenvalue weighted by atomic mass is 35.5. The van der Waals surface area contributed by atoms with Crippen molar-refractivity contribution in [3.63, 3.8) is 0 Å². The molecule has 0 spiro atoms. The maximum atomic E-state index is 6.31. The zero-order chi connectivity index (χ0) is 13.1. The second kappa shape index (κ2) is 5.40. The number of hydrogen-bond donors (Lipinski definition) is 1. The lowest BCUT2D eigenvalue weighted by molar-refractivity contribution is 0.692. The molecule has 5 heteroatoms. The molecule has 96 valence electrons. The normalized spacial score (nSPS) is 10.8. The fraction of sp³-hybridized carbons (Fsp3) is 0.385. The summed E-state index contributed by atoms with van der Waals surface area (Å²) < 4.78 is 1.87. The van der Waals surface area contributed by atoms with Crippen molar-refractivity contribution in [1.29, 1.82) is 0 Å². The Hall–Kier alpha value is -1.55. The van der Waals surface area contributed by atoms with E-state index in [9.17, 15) is 0 Å². The second-order valence-corrected chi connectivity index (χ2v) is 4.65. The molecule has 2 N–H and O–H groups in total. The molecule has 0 aliphatic carbocycles. The predicted octanol–water partition coefficient (Wildman–Crippen LogP) is 2.40. The Morgan fingerprint density at radius 1 is 1.39 bits per heavy atom. The molecule has 2 heterocycles. The first-order valence-corrected chi connectivity index (χ1v) is 6.40. The van der Waals surface area contributed by atoms with Gasteiger partial charge < -0.3 is 5.73 Å². The van der Waals surface area contributed by atoms with Crippen LogP contribution in [0.15, 0.2) is 18.3 Å². The van der Waals surface area contributed by atoms with Gasteiger partial charge in [0.25, 0.3) is 0 Å². The Bertz CT molecular complexity index is 548. The molecule has 0 atom stereocenters. The van der Waals surface area contributed by atoms with E-state index in [2.05, 4.69) is 17.0 Å². The molecule has 0 amide bonds. The van der Waals surface area contributed by atoms with Crippen LogP contribution in [0.5, 0.6) is 0 Å². The van der Waals surface area contributed by atoms with E-state index in [4.69, 9.17) is 17.3 Å². The summed E-state index contributed by atoms with van der Waals surface area (Å²) in [6.07, 6.45) is 4.32. The smallest absolute Gasteiger partial charge is 0.123 e. The van der Waals surface area contributed by atoms with Gasteiger partial charge in [-0.3, -0.25) is 4.68 Å². The monoisotopic (exact) mass is 264 g/mol. The number of halogens is 1. The van der Waals surface area contributed by atoms with Crippen LogP contribution in [-0.2, 0) is 26.3 Å². The summed E-state index contributed by atoms with van der Waals surface area (Å²) in [7, 11) is 1.93. The number of rotatable bonds is 4. The SMILES string of the molecule is CCc1nn(C)c(CCc2ccnc(N)c2)c1Cl. The fourth-order valence-electron chi connectivity index (χ4n) is 2.00. The van der Waals surface area contributed by atoms with Crippen molar-refractivity contribution in [2.75, 3.05) is 5.73 Å². The van der Waals surface area contributed by atoms with E-state index in [1.807, 2.05) is 23.9 Å². The van der Waals surface area contributed by atoms with Crippen LogP contribution in [-0.4, -0.2) is 14.8 Å². The van der Waals surface area contributed by atoms with Gasteiger partial charge in [0.15, 0.2) is 0 Å². The Morgan fingerprint density at radius 2 is 2.17 bits per heavy atom. The molecule has 0 unspecified atom stereocenters. The average Bonchev–Trinajstić information content (AvgIpc) is 2.62. The second-order valence-electron chi connectivity index (χ2n) is 4.27. The van der Waals surface area contributed by atoms with E-state index in [0.717, 1.165) is 41.2 Å². The van der Waals surface area contributed by atoms with E-state index < -0.39 is 0 Å². The summed E-state index contributed by atoms with van der Waals surface area (Å²) >= 11 is 6.31. The van der Waals surface area contributed by atoms with Crippen molar-refractivity contribution in [2.45, 2.75) is 26.2 Å². The summed E-state index contributed by atoms with van der Waals surface area (Å²) in [5.41, 5.74) is 8.86. The van der Waals surface area contributed by atoms with Crippen LogP contribution in [0, 0.1) is 0 Å². The van der Waals surface area contributed by atoms with Gasteiger partial charge in [0, 0.05) is 13.2 Å². The molecule has 2 aromatic heterocycles. The molecular weight excluding hydrogens is 248 g/mol. The van der Waals surface area contributed by atoms with Gasteiger partial charge in [0.05, 0.1) is 16.4 Å². The molecule has 0 saturated heterocycles. The molecule has 2 aromatic rings. The van der Waals surface area contributed by atoms with E-state index in [0.29, 0.717) is 5.82 Å². The van der Waals surface area contributed by atoms with Crippen LogP contribution in [0.3, 0.4) is 0 Å². The minimum atomic E-state index is 0.554. The predicted molar refractivity (Wildman–Crippen MR) is 73.7 cm³/mol. The summed E-state index contributed by atoms with van der Waals surface area (Å²) in [5.74, 6) is 0.554. The van der Waals surface area contributed by atoms with E-state index in [1.165, 1.54) is 0 Å². The van der Waals surface area contributed by atoms with Crippen LogP contribution < -0.4 is 5.73 Å². The number of aryl methyl sites for hydroxylation is 3. The molecule has 0 aliphatic rings. The highest BCUT2D eigenvalue weighted by Gasteiger charge is 2.12. The molecule has 0 aliphatic heterocycles. The molecule has 2 rings (SSSR count). The summed E-state index contributed by atoms with van der Waals surface area (Å²) in [5, 5.41) is 5.20. The molecular formula is C13H17ClN4. The first-order chi connectivity index (χ1) is 8.61. The number of pyridine rings is 1. The Labute approximate surface area is 112 Å². The lowest BCUT2D eigenvalue weighted by Crippen LogP contribution is -2.01. The minimum absolute atomic E-state index is 0.554. The van der Waals surface area contributed by atoms with Crippen molar-refractivity contribution >= 4 is 17.4 Å². The van der Waals surface area contributed by atoms with Gasteiger partial charge in [-0.2, -0.15) is 5.10 Å². The number of hydrogen-bond acceptors (Lipinski definition) is 3. The highest BCUT2D eigenvalue weighted by molar-refractivity contribution is 6.31. The Kier molecular flexibility index (Phi) is 3.87. The number of anilines is 1. The van der Waals surface area contributed by atoms with E-state index in [-0.39, 0.29) is 0 Å². The standard InChI is InChI=1S/C13H17ClN4/c1-3-10-13(14)11(18(2)17-10)5-4-9-6-7-16-12(15)8-9/h6-8H,3-5H2,1-2H3,(H2,15,16). The zero-order valence-corrected chi connectivity index (χ0v) is 11.4. The van der Waals surface area contributed by atoms with Crippen molar-refractivity contribution in [2.24, 2.45) is 7.05 Å². The lowest BCUT2D eigenvalue weighted by atomic mass is 10.1. The van der Waals surface area contributed by atoms with E-state index in [1.54, 1.807) is 6.20 Å². The molecule has 0 aromatic carbocycles. The van der Waals surface area contributed by atoms with Crippen molar-refractivity contribution in [3.05, 3.63) is 40.3 Å². The summed E-state index contributed by atoms with van der Waals surface area (Å²) in [6.45, 7) is 2.06. The first kappa shape index (κ1) is 12.9. The molecule has 0 bridgehead atoms. The quantitative estimate of drug-likeness (QED) is 0.923. The molecule has 0 fully saturated rings. The Morgan fingerprint density at radius 3 is 2.78 bits per heavy atom. The van der Waals surface area contributed by atoms with Gasteiger partial charge in [-0.15, -0.1) is 0 Å². The highest BCUT2D eigenvalue weighted by Crippen LogP contribution is 2.22. The van der Waals surface area contributed by atoms with Crippen molar-refractivity contribution in [1.82, 2.24) is 14.8 Å². The summed E-state index contributed by atoms with van der Waals surface area (Å²) in [6, 6.07) is 3.87. The third-order valence-electron chi connectivity index (χ3n) is 3.00. The van der Waals surface area contributed by atoms with Crippen molar-refractivity contribution < 1.29 is 0 Å². The van der Waals surface area contributed by atoms with Crippen LogP contribution in [0.4, 0.5) is 5.82 Å². The number of nitrogens with zero attached hydrogens (tertiary/aromatic N) is 3. The van der Waals surface area contributed by atoms with Gasteiger partial charge in [-0.05, 0) is 37.0 Å². The van der Waals surface area contributed by atoms with Gasteiger partial charge in [0.1, 0.15) is 5.82 Å². The average molecular weight is 265 g/mol. The lowest BCUT2D eigenvalue weighted by Gasteiger charge is -2.04. The van der Waals surface area contributed by atoms with Gasteiger partial charge in [-0.1, -0.05) is 18.5 Å². The molecule has 4 nitrogen and oxygen atoms in total. The molecule has 18 heavy (non-hydrogen) atoms. The molecule has 0 saturated carbocycles. The fourth-order valence-corrected chi connectivity index (χ4v) is 2.39. The minimum Gasteiger partial charge on any atom is -0.384 e. The molecule has 0 radical (unpaired) electrons. The van der Waals surface area contributed by atoms with Gasteiger partial charge >= 0.3 is 0 Å². The zero-order valence-electron chi connectivity index (χ0n) is 10.7. The first-order valence-electron chi connectivity index (χ1n) is 6.02. The number of nitrogens with two attached hydrogens (primary N) is 1. The van der Waals surface area contributed by atoms with E-state index >= 15 is 0 Å².